The van der Waals surface area contributed by atoms with E-state index < -0.39 is 18.5 Å². The monoisotopic (exact) mass is 388 g/mol. The molecule has 0 saturated carbocycles. The Labute approximate surface area is 160 Å². The fourth-order valence-corrected chi connectivity index (χ4v) is 2.77. The van der Waals surface area contributed by atoms with Crippen LogP contribution in [0.5, 0.6) is 5.75 Å². The number of anilines is 2. The molecular formula is C19H17ClN2O5. The molecular weight excluding hydrogens is 372 g/mol. The van der Waals surface area contributed by atoms with Gasteiger partial charge in [0.1, 0.15) is 12.3 Å². The number of hydrogen-bond donors (Lipinski definition) is 1. The fraction of sp³-hybridized carbons (Fsp3) is 0.211. The quantitative estimate of drug-likeness (QED) is 0.796. The minimum absolute atomic E-state index is 0.150. The van der Waals surface area contributed by atoms with Gasteiger partial charge in [-0.05, 0) is 30.3 Å². The van der Waals surface area contributed by atoms with Crippen LogP contribution in [0.2, 0.25) is 5.02 Å². The van der Waals surface area contributed by atoms with Gasteiger partial charge in [-0.2, -0.15) is 0 Å². The van der Waals surface area contributed by atoms with Crippen LogP contribution in [0.1, 0.15) is 6.42 Å². The predicted molar refractivity (Wildman–Crippen MR) is 99.9 cm³/mol. The summed E-state index contributed by atoms with van der Waals surface area (Å²) in [5.41, 5.74) is 0.998. The molecule has 2 aromatic rings. The zero-order valence-electron chi connectivity index (χ0n) is 14.3. The van der Waals surface area contributed by atoms with Crippen LogP contribution in [0.3, 0.4) is 0 Å². The highest BCUT2D eigenvalue weighted by molar-refractivity contribution is 6.30. The second kappa shape index (κ2) is 8.55. The topological polar surface area (TPSA) is 84.9 Å². The molecule has 1 N–H and O–H groups in total. The number of carbonyl (C=O) groups is 3. The molecule has 1 heterocycles. The highest BCUT2D eigenvalue weighted by Crippen LogP contribution is 2.30. The molecule has 3 rings (SSSR count). The minimum atomic E-state index is -0.693. The Morgan fingerprint density at radius 1 is 1.19 bits per heavy atom. The van der Waals surface area contributed by atoms with Gasteiger partial charge in [0, 0.05) is 10.7 Å². The van der Waals surface area contributed by atoms with E-state index in [1.54, 1.807) is 48.5 Å². The molecule has 0 bridgehead atoms. The Morgan fingerprint density at radius 2 is 2.00 bits per heavy atom. The molecule has 27 heavy (non-hydrogen) atoms. The normalized spacial score (nSPS) is 13.2. The zero-order valence-corrected chi connectivity index (χ0v) is 15.1. The molecule has 8 heteroatoms. The number of amides is 2. The molecule has 0 aromatic heterocycles. The highest BCUT2D eigenvalue weighted by Gasteiger charge is 2.25. The van der Waals surface area contributed by atoms with E-state index in [-0.39, 0.29) is 25.5 Å². The van der Waals surface area contributed by atoms with Gasteiger partial charge in [0.15, 0.2) is 6.61 Å². The molecule has 7 nitrogen and oxygen atoms in total. The lowest BCUT2D eigenvalue weighted by atomic mass is 10.2. The number of ether oxygens (including phenoxy) is 2. The molecule has 1 aliphatic heterocycles. The summed E-state index contributed by atoms with van der Waals surface area (Å²) in [6.45, 7) is -0.529. The number of rotatable bonds is 5. The van der Waals surface area contributed by atoms with Gasteiger partial charge in [0.05, 0.1) is 18.7 Å². The van der Waals surface area contributed by atoms with E-state index in [0.29, 0.717) is 22.1 Å². The largest absolute Gasteiger partial charge is 0.491 e. The van der Waals surface area contributed by atoms with Gasteiger partial charge in [0.25, 0.3) is 5.91 Å². The Bertz CT molecular complexity index is 871. The summed E-state index contributed by atoms with van der Waals surface area (Å²) < 4.78 is 10.5. The van der Waals surface area contributed by atoms with Crippen molar-refractivity contribution in [3.05, 3.63) is 53.6 Å². The third-order valence-electron chi connectivity index (χ3n) is 3.79. The highest BCUT2D eigenvalue weighted by atomic mass is 35.5. The summed E-state index contributed by atoms with van der Waals surface area (Å²) in [6, 6.07) is 13.6. The van der Waals surface area contributed by atoms with E-state index in [2.05, 4.69) is 5.32 Å². The van der Waals surface area contributed by atoms with Gasteiger partial charge in [-0.1, -0.05) is 29.8 Å². The average Bonchev–Trinajstić information content (AvgIpc) is 2.79. The lowest BCUT2D eigenvalue weighted by Crippen LogP contribution is -2.36. The Morgan fingerprint density at radius 3 is 2.81 bits per heavy atom. The number of benzene rings is 2. The molecule has 0 unspecified atom stereocenters. The third-order valence-corrected chi connectivity index (χ3v) is 4.03. The molecule has 140 valence electrons. The summed E-state index contributed by atoms with van der Waals surface area (Å²) in [7, 11) is 0. The Kier molecular flexibility index (Phi) is 5.93. The van der Waals surface area contributed by atoms with Crippen LogP contribution in [-0.2, 0) is 19.1 Å². The fourth-order valence-electron chi connectivity index (χ4n) is 2.58. The van der Waals surface area contributed by atoms with Gasteiger partial charge >= 0.3 is 5.97 Å². The first-order chi connectivity index (χ1) is 13.0. The second-order valence-corrected chi connectivity index (χ2v) is 6.20. The second-order valence-electron chi connectivity index (χ2n) is 5.77. The van der Waals surface area contributed by atoms with Gasteiger partial charge in [-0.15, -0.1) is 0 Å². The molecule has 2 amide bonds. The van der Waals surface area contributed by atoms with Crippen molar-refractivity contribution in [2.24, 2.45) is 0 Å². The van der Waals surface area contributed by atoms with Crippen molar-refractivity contribution in [2.45, 2.75) is 6.42 Å². The summed E-state index contributed by atoms with van der Waals surface area (Å²) in [4.78, 5) is 37.6. The van der Waals surface area contributed by atoms with E-state index in [1.807, 2.05) is 0 Å². The lowest BCUT2D eigenvalue weighted by Gasteiger charge is -2.20. The number of halogens is 1. The summed E-state index contributed by atoms with van der Waals surface area (Å²) >= 11 is 5.85. The van der Waals surface area contributed by atoms with Gasteiger partial charge in [0.2, 0.25) is 5.91 Å². The maximum atomic E-state index is 12.3. The summed E-state index contributed by atoms with van der Waals surface area (Å²) in [5, 5.41) is 3.05. The van der Waals surface area contributed by atoms with E-state index >= 15 is 0 Å². The van der Waals surface area contributed by atoms with Crippen LogP contribution in [0.15, 0.2) is 48.5 Å². The molecule has 0 aliphatic carbocycles. The third kappa shape index (κ3) is 4.98. The maximum absolute atomic E-state index is 12.3. The number of hydrogen-bond acceptors (Lipinski definition) is 5. The van der Waals surface area contributed by atoms with Crippen LogP contribution in [0, 0.1) is 0 Å². The van der Waals surface area contributed by atoms with E-state index in [1.165, 1.54) is 4.90 Å². The number of nitrogens with zero attached hydrogens (tertiary/aromatic N) is 1. The average molecular weight is 389 g/mol. The number of nitrogens with one attached hydrogen (secondary N) is 1. The van der Waals surface area contributed by atoms with Crippen molar-refractivity contribution in [1.29, 1.82) is 0 Å². The van der Waals surface area contributed by atoms with E-state index in [9.17, 15) is 14.4 Å². The van der Waals surface area contributed by atoms with Gasteiger partial charge in [-0.3, -0.25) is 19.3 Å². The lowest BCUT2D eigenvalue weighted by molar-refractivity contribution is -0.146. The predicted octanol–water partition coefficient (Wildman–Crippen LogP) is 2.64. The number of esters is 1. The first-order valence-corrected chi connectivity index (χ1v) is 8.64. The van der Waals surface area contributed by atoms with Crippen molar-refractivity contribution >= 4 is 40.8 Å². The molecule has 0 radical (unpaired) electrons. The molecule has 0 fully saturated rings. The Hall–Kier alpha value is -3.06. The first-order valence-electron chi connectivity index (χ1n) is 8.26. The van der Waals surface area contributed by atoms with Crippen molar-refractivity contribution in [2.75, 3.05) is 30.0 Å². The molecule has 0 spiro atoms. The summed E-state index contributed by atoms with van der Waals surface area (Å²) in [6.07, 6.45) is 0.150. The number of carbonyl (C=O) groups excluding carboxylic acids is 3. The number of para-hydroxylation sites is 2. The smallest absolute Gasteiger partial charge is 0.326 e. The van der Waals surface area contributed by atoms with E-state index in [0.717, 1.165) is 0 Å². The maximum Gasteiger partial charge on any atom is 0.326 e. The van der Waals surface area contributed by atoms with E-state index in [4.69, 9.17) is 21.1 Å². The zero-order chi connectivity index (χ0) is 19.2. The molecule has 0 atom stereocenters. The van der Waals surface area contributed by atoms with Crippen LogP contribution in [-0.4, -0.2) is 37.5 Å². The van der Waals surface area contributed by atoms with Crippen LogP contribution in [0.4, 0.5) is 11.4 Å². The van der Waals surface area contributed by atoms with Crippen molar-refractivity contribution in [3.63, 3.8) is 0 Å². The number of fused-ring (bicyclic) bond motifs is 1. The molecule has 2 aromatic carbocycles. The standard InChI is InChI=1S/C19H17ClN2O5/c20-13-4-3-5-14(10-13)21-17(23)12-27-19(25)11-22-15-6-1-2-7-16(15)26-9-8-18(22)24/h1-7,10H,8-9,11-12H2,(H,21,23). The SMILES string of the molecule is O=C(COC(=O)CN1C(=O)CCOc2ccccc21)Nc1cccc(Cl)c1. The van der Waals surface area contributed by atoms with Gasteiger partial charge < -0.3 is 14.8 Å². The van der Waals surface area contributed by atoms with Crippen LogP contribution in [0.25, 0.3) is 0 Å². The van der Waals surface area contributed by atoms with Crippen molar-refractivity contribution < 1.29 is 23.9 Å². The Balaban J connectivity index is 1.57. The first kappa shape index (κ1) is 18.7. The minimum Gasteiger partial charge on any atom is -0.491 e. The van der Waals surface area contributed by atoms with Gasteiger partial charge in [-0.25, -0.2) is 0 Å². The summed E-state index contributed by atoms with van der Waals surface area (Å²) in [5.74, 6) is -0.923. The van der Waals surface area contributed by atoms with Crippen molar-refractivity contribution in [3.8, 4) is 5.75 Å². The molecule has 1 aliphatic rings. The van der Waals surface area contributed by atoms with Crippen LogP contribution < -0.4 is 15.0 Å². The van der Waals surface area contributed by atoms with Crippen LogP contribution >= 0.6 is 11.6 Å². The van der Waals surface area contributed by atoms with Crippen molar-refractivity contribution in [1.82, 2.24) is 0 Å². The molecule has 0 saturated heterocycles.